The lowest BCUT2D eigenvalue weighted by molar-refractivity contribution is 0.0904. The van der Waals surface area contributed by atoms with Crippen molar-refractivity contribution in [1.82, 2.24) is 0 Å². The molecule has 0 radical (unpaired) electrons. The van der Waals surface area contributed by atoms with Crippen LogP contribution in [0.25, 0.3) is 0 Å². The number of unbranched alkanes of at least 4 members (excludes halogenated alkanes) is 1. The molecule has 0 unspecified atom stereocenters. The summed E-state index contributed by atoms with van der Waals surface area (Å²) in [6.45, 7) is 5.53. The fraction of sp³-hybridized carbons (Fsp3) is 1.00. The van der Waals surface area contributed by atoms with Gasteiger partial charge in [0.25, 0.3) is 0 Å². The van der Waals surface area contributed by atoms with Crippen LogP contribution in [0.4, 0.5) is 0 Å². The normalized spacial score (nSPS) is 15.9. The van der Waals surface area contributed by atoms with E-state index in [2.05, 4.69) is 6.92 Å². The number of hydrogen-bond acceptors (Lipinski definition) is 3. The van der Waals surface area contributed by atoms with Crippen LogP contribution in [0.5, 0.6) is 0 Å². The zero-order valence-electron chi connectivity index (χ0n) is 9.33. The number of hydrogen-bond donors (Lipinski definition) is 1. The molecule has 0 atom stereocenters. The quantitative estimate of drug-likeness (QED) is 0.696. The molecule has 0 aromatic heterocycles. The maximum absolute atomic E-state index is 8.24. The molecule has 0 amide bonds. The van der Waals surface area contributed by atoms with Gasteiger partial charge < -0.3 is 14.6 Å². The summed E-state index contributed by atoms with van der Waals surface area (Å²) in [6.07, 6.45) is 6.19. The molecule has 1 N–H and O–H groups in total. The lowest BCUT2D eigenvalue weighted by Gasteiger charge is -2.08. The smallest absolute Gasteiger partial charge is 0.0697 e. The van der Waals surface area contributed by atoms with Gasteiger partial charge in [0.05, 0.1) is 13.2 Å². The average Bonchev–Trinajstić information content (AvgIpc) is 2.28. The second-order valence-electron chi connectivity index (χ2n) is 3.36. The molecule has 1 aliphatic heterocycles. The minimum Gasteiger partial charge on any atom is -0.394 e. The molecule has 86 valence electrons. The van der Waals surface area contributed by atoms with Crippen molar-refractivity contribution in [3.8, 4) is 0 Å². The predicted molar refractivity (Wildman–Crippen MR) is 57.5 cm³/mol. The van der Waals surface area contributed by atoms with Crippen LogP contribution in [-0.2, 0) is 9.47 Å². The highest BCUT2D eigenvalue weighted by Crippen LogP contribution is 2.02. The lowest BCUT2D eigenvalue weighted by atomic mass is 10.2. The summed E-state index contributed by atoms with van der Waals surface area (Å²) in [6, 6.07) is 0. The fourth-order valence-electron chi connectivity index (χ4n) is 1.10. The second kappa shape index (κ2) is 12.9. The van der Waals surface area contributed by atoms with E-state index < -0.39 is 0 Å². The Morgan fingerprint density at radius 3 is 2.21 bits per heavy atom. The zero-order chi connectivity index (χ0) is 10.5. The van der Waals surface area contributed by atoms with Crippen LogP contribution >= 0.6 is 0 Å². The molecular formula is C11H24O3. The number of rotatable bonds is 5. The first-order valence-corrected chi connectivity index (χ1v) is 5.68. The minimum atomic E-state index is 0.143. The highest BCUT2D eigenvalue weighted by atomic mass is 16.5. The van der Waals surface area contributed by atoms with Gasteiger partial charge in [-0.15, -0.1) is 0 Å². The van der Waals surface area contributed by atoms with E-state index in [0.717, 1.165) is 32.7 Å². The third-order valence-corrected chi connectivity index (χ3v) is 1.96. The Morgan fingerprint density at radius 2 is 1.86 bits per heavy atom. The van der Waals surface area contributed by atoms with E-state index in [1.54, 1.807) is 0 Å². The lowest BCUT2D eigenvalue weighted by Crippen LogP contribution is -2.03. The first-order valence-electron chi connectivity index (χ1n) is 5.68. The van der Waals surface area contributed by atoms with Crippen LogP contribution in [0.2, 0.25) is 0 Å². The Kier molecular flexibility index (Phi) is 12.8. The highest BCUT2D eigenvalue weighted by Gasteiger charge is 1.95. The van der Waals surface area contributed by atoms with Crippen molar-refractivity contribution in [2.24, 2.45) is 0 Å². The molecule has 0 aliphatic carbocycles. The standard InChI is InChI=1S/C6H14O2.C5H10O/c1-2-3-5-8-6-4-7;1-2-4-6-5-3-1/h7H,2-6H2,1H3;1-5H2. The van der Waals surface area contributed by atoms with Gasteiger partial charge in [0, 0.05) is 19.8 Å². The van der Waals surface area contributed by atoms with Crippen molar-refractivity contribution in [3.05, 3.63) is 0 Å². The summed E-state index contributed by atoms with van der Waals surface area (Å²) in [5, 5.41) is 8.24. The van der Waals surface area contributed by atoms with E-state index in [1.165, 1.54) is 19.3 Å². The van der Waals surface area contributed by atoms with Crippen molar-refractivity contribution in [2.75, 3.05) is 33.0 Å². The van der Waals surface area contributed by atoms with Crippen molar-refractivity contribution in [2.45, 2.75) is 39.0 Å². The number of ether oxygens (including phenoxy) is 2. The van der Waals surface area contributed by atoms with Gasteiger partial charge in [0.15, 0.2) is 0 Å². The van der Waals surface area contributed by atoms with Crippen LogP contribution in [0.15, 0.2) is 0 Å². The minimum absolute atomic E-state index is 0.143. The van der Waals surface area contributed by atoms with Crippen molar-refractivity contribution < 1.29 is 14.6 Å². The van der Waals surface area contributed by atoms with Gasteiger partial charge in [-0.05, 0) is 25.7 Å². The van der Waals surface area contributed by atoms with E-state index in [0.29, 0.717) is 6.61 Å². The molecule has 1 heterocycles. The molecule has 1 saturated heterocycles. The zero-order valence-corrected chi connectivity index (χ0v) is 9.33. The fourth-order valence-corrected chi connectivity index (χ4v) is 1.10. The van der Waals surface area contributed by atoms with E-state index in [9.17, 15) is 0 Å². The van der Waals surface area contributed by atoms with Gasteiger partial charge in [0.2, 0.25) is 0 Å². The van der Waals surface area contributed by atoms with E-state index in [-0.39, 0.29) is 6.61 Å². The maximum atomic E-state index is 8.24. The third kappa shape index (κ3) is 11.9. The Labute approximate surface area is 87.4 Å². The summed E-state index contributed by atoms with van der Waals surface area (Å²) in [5.74, 6) is 0. The van der Waals surface area contributed by atoms with Crippen LogP contribution in [-0.4, -0.2) is 38.1 Å². The Balaban J connectivity index is 0.000000249. The molecule has 3 heteroatoms. The van der Waals surface area contributed by atoms with E-state index in [1.807, 2.05) is 0 Å². The van der Waals surface area contributed by atoms with Crippen LogP contribution < -0.4 is 0 Å². The maximum Gasteiger partial charge on any atom is 0.0697 e. The molecule has 0 spiro atoms. The molecule has 0 aromatic carbocycles. The number of aliphatic hydroxyl groups is 1. The molecule has 1 aliphatic rings. The number of aliphatic hydroxyl groups excluding tert-OH is 1. The van der Waals surface area contributed by atoms with E-state index >= 15 is 0 Å². The molecule has 0 bridgehead atoms. The molecule has 3 nitrogen and oxygen atoms in total. The molecular weight excluding hydrogens is 180 g/mol. The Morgan fingerprint density at radius 1 is 1.14 bits per heavy atom. The monoisotopic (exact) mass is 204 g/mol. The topological polar surface area (TPSA) is 38.7 Å². The first-order chi connectivity index (χ1) is 6.91. The third-order valence-electron chi connectivity index (χ3n) is 1.96. The van der Waals surface area contributed by atoms with Crippen molar-refractivity contribution in [3.63, 3.8) is 0 Å². The SMILES string of the molecule is C1CCOCC1.CCCCOCCO. The van der Waals surface area contributed by atoms with Gasteiger partial charge in [-0.2, -0.15) is 0 Å². The van der Waals surface area contributed by atoms with Gasteiger partial charge in [-0.1, -0.05) is 13.3 Å². The Bertz CT molecular complexity index is 75.0. The summed E-state index contributed by atoms with van der Waals surface area (Å²) in [7, 11) is 0. The van der Waals surface area contributed by atoms with Crippen LogP contribution in [0.3, 0.4) is 0 Å². The van der Waals surface area contributed by atoms with Gasteiger partial charge in [0.1, 0.15) is 0 Å². The van der Waals surface area contributed by atoms with E-state index in [4.69, 9.17) is 14.6 Å². The summed E-state index contributed by atoms with van der Waals surface area (Å²) in [5.41, 5.74) is 0. The Hall–Kier alpha value is -0.120. The molecule has 14 heavy (non-hydrogen) atoms. The van der Waals surface area contributed by atoms with Crippen molar-refractivity contribution >= 4 is 0 Å². The molecule has 0 saturated carbocycles. The van der Waals surface area contributed by atoms with Gasteiger partial charge in [-0.3, -0.25) is 0 Å². The van der Waals surface area contributed by atoms with Gasteiger partial charge in [-0.25, -0.2) is 0 Å². The molecule has 1 fully saturated rings. The summed E-state index contributed by atoms with van der Waals surface area (Å²) in [4.78, 5) is 0. The summed E-state index contributed by atoms with van der Waals surface area (Å²) >= 11 is 0. The highest BCUT2D eigenvalue weighted by molar-refractivity contribution is 4.45. The average molecular weight is 204 g/mol. The first kappa shape index (κ1) is 13.9. The second-order valence-corrected chi connectivity index (χ2v) is 3.36. The molecule has 0 aromatic rings. The summed E-state index contributed by atoms with van der Waals surface area (Å²) < 4.78 is 10.0. The van der Waals surface area contributed by atoms with Gasteiger partial charge >= 0.3 is 0 Å². The molecule has 1 rings (SSSR count). The van der Waals surface area contributed by atoms with Crippen molar-refractivity contribution in [1.29, 1.82) is 0 Å². The van der Waals surface area contributed by atoms with Crippen LogP contribution in [0, 0.1) is 0 Å². The largest absolute Gasteiger partial charge is 0.394 e. The van der Waals surface area contributed by atoms with Crippen LogP contribution in [0.1, 0.15) is 39.0 Å². The predicted octanol–water partition coefficient (Wildman–Crippen LogP) is 1.98.